The Bertz CT molecular complexity index is 1950. The second kappa shape index (κ2) is 10.7. The van der Waals surface area contributed by atoms with Crippen LogP contribution in [0.3, 0.4) is 0 Å². The fraction of sp³-hybridized carbons (Fsp3) is 0.294. The number of halogens is 2. The number of alkyl halides is 1. The molecule has 0 aliphatic carbocycles. The maximum Gasteiger partial charge on any atom is 0.301 e. The van der Waals surface area contributed by atoms with Crippen molar-refractivity contribution in [3.63, 3.8) is 0 Å². The summed E-state index contributed by atoms with van der Waals surface area (Å²) in [5, 5.41) is 7.58. The number of hydrogen-bond acceptors (Lipinski definition) is 8. The van der Waals surface area contributed by atoms with Crippen molar-refractivity contribution in [2.24, 2.45) is 4.99 Å². The predicted molar refractivity (Wildman–Crippen MR) is 168 cm³/mol. The molecule has 0 amide bonds. The number of aromatic nitrogens is 1. The first-order valence-corrected chi connectivity index (χ1v) is 15.4. The fourth-order valence-corrected chi connectivity index (χ4v) is 7.51. The van der Waals surface area contributed by atoms with Crippen LogP contribution in [0.4, 0.5) is 10.2 Å². The molecule has 224 valence electrons. The molecule has 2 saturated heterocycles. The van der Waals surface area contributed by atoms with Crippen molar-refractivity contribution in [3.05, 3.63) is 100 Å². The highest BCUT2D eigenvalue weighted by molar-refractivity contribution is 6.33. The van der Waals surface area contributed by atoms with Gasteiger partial charge in [0.05, 0.1) is 33.9 Å². The van der Waals surface area contributed by atoms with E-state index in [0.717, 1.165) is 57.9 Å². The summed E-state index contributed by atoms with van der Waals surface area (Å²) in [5.74, 6) is 2.11. The van der Waals surface area contributed by atoms with Gasteiger partial charge in [-0.1, -0.05) is 60.1 Å². The quantitative estimate of drug-likeness (QED) is 0.328. The summed E-state index contributed by atoms with van der Waals surface area (Å²) < 4.78 is 27.7. The zero-order chi connectivity index (χ0) is 29.8. The molecule has 2 fully saturated rings. The van der Waals surface area contributed by atoms with E-state index in [-0.39, 0.29) is 5.54 Å². The van der Waals surface area contributed by atoms with E-state index in [1.54, 1.807) is 6.20 Å². The van der Waals surface area contributed by atoms with Gasteiger partial charge in [-0.2, -0.15) is 0 Å². The first-order chi connectivity index (χ1) is 21.5. The second-order valence-electron chi connectivity index (χ2n) is 11.9. The number of nitrogen functional groups attached to an aromatic ring is 1. The van der Waals surface area contributed by atoms with Gasteiger partial charge < -0.3 is 25.4 Å². The Balaban J connectivity index is 1.27. The number of hydrogen-bond donors (Lipinski definition) is 2. The van der Waals surface area contributed by atoms with Crippen molar-refractivity contribution in [3.8, 4) is 16.9 Å². The van der Waals surface area contributed by atoms with Crippen molar-refractivity contribution in [1.82, 2.24) is 20.1 Å². The molecular weight excluding hydrogens is 579 g/mol. The molecule has 0 bridgehead atoms. The molecule has 4 aromatic rings. The first kappa shape index (κ1) is 27.2. The van der Waals surface area contributed by atoms with Crippen LogP contribution in [0.1, 0.15) is 24.8 Å². The summed E-state index contributed by atoms with van der Waals surface area (Å²) in [6.45, 7) is 2.42. The summed E-state index contributed by atoms with van der Waals surface area (Å²) >= 11 is 7.20. The largest absolute Gasteiger partial charge is 0.462 e. The molecular formula is C34H32ClFN6O2. The molecule has 0 spiro atoms. The number of anilines is 1. The van der Waals surface area contributed by atoms with Gasteiger partial charge in [-0.15, -0.1) is 0 Å². The molecule has 8 rings (SSSR count). The molecule has 0 radical (unpaired) electrons. The maximum atomic E-state index is 14.6. The average molecular weight is 611 g/mol. The van der Waals surface area contributed by atoms with Gasteiger partial charge in [0.1, 0.15) is 36.8 Å². The number of ether oxygens (including phenoxy) is 2. The molecule has 5 heterocycles. The molecule has 3 N–H and O–H groups in total. The van der Waals surface area contributed by atoms with Crippen LogP contribution in [0, 0.1) is 0 Å². The molecule has 10 heteroatoms. The molecule has 4 aliphatic heterocycles. The molecule has 2 atom stereocenters. The third-order valence-corrected chi connectivity index (χ3v) is 9.66. The zero-order valence-corrected chi connectivity index (χ0v) is 24.9. The van der Waals surface area contributed by atoms with Crippen molar-refractivity contribution in [2.75, 3.05) is 32.1 Å². The Morgan fingerprint density at radius 1 is 1.14 bits per heavy atom. The van der Waals surface area contributed by atoms with Crippen molar-refractivity contribution in [2.45, 2.75) is 37.5 Å². The molecule has 0 saturated carbocycles. The lowest BCUT2D eigenvalue weighted by Crippen LogP contribution is -2.43. The molecule has 4 aliphatic rings. The normalized spacial score (nSPS) is 22.4. The minimum Gasteiger partial charge on any atom is -0.462 e. The second-order valence-corrected chi connectivity index (χ2v) is 12.3. The highest BCUT2D eigenvalue weighted by Gasteiger charge is 2.49. The first-order valence-electron chi connectivity index (χ1n) is 15.0. The Morgan fingerprint density at radius 3 is 2.93 bits per heavy atom. The van der Waals surface area contributed by atoms with Gasteiger partial charge in [-0.25, -0.2) is 9.37 Å². The predicted octanol–water partition coefficient (Wildman–Crippen LogP) is 4.67. The molecule has 1 aromatic heterocycles. The lowest BCUT2D eigenvalue weighted by molar-refractivity contribution is 0.0266. The van der Waals surface area contributed by atoms with Crippen molar-refractivity contribution < 1.29 is 13.9 Å². The number of rotatable bonds is 6. The van der Waals surface area contributed by atoms with Gasteiger partial charge in [0, 0.05) is 30.3 Å². The Hall–Kier alpha value is -4.34. The summed E-state index contributed by atoms with van der Waals surface area (Å²) in [4.78, 5) is 13.4. The van der Waals surface area contributed by atoms with Crippen LogP contribution in [-0.2, 0) is 11.3 Å². The Morgan fingerprint density at radius 2 is 2.02 bits per heavy atom. The Kier molecular flexibility index (Phi) is 6.61. The van der Waals surface area contributed by atoms with Gasteiger partial charge in [-0.05, 0) is 47.9 Å². The van der Waals surface area contributed by atoms with Crippen LogP contribution < -0.4 is 26.4 Å². The van der Waals surface area contributed by atoms with Gasteiger partial charge in [0.15, 0.2) is 0 Å². The van der Waals surface area contributed by atoms with Crippen LogP contribution in [0.25, 0.3) is 27.7 Å². The molecule has 44 heavy (non-hydrogen) atoms. The van der Waals surface area contributed by atoms with E-state index in [9.17, 15) is 4.39 Å². The zero-order valence-electron chi connectivity index (χ0n) is 24.1. The van der Waals surface area contributed by atoms with Crippen LogP contribution in [0.15, 0.2) is 84.0 Å². The highest BCUT2D eigenvalue weighted by atomic mass is 35.5. The highest BCUT2D eigenvalue weighted by Crippen LogP contribution is 2.41. The summed E-state index contributed by atoms with van der Waals surface area (Å²) in [6.07, 6.45) is 5.07. The van der Waals surface area contributed by atoms with E-state index in [4.69, 9.17) is 31.8 Å². The van der Waals surface area contributed by atoms with Gasteiger partial charge in [0.2, 0.25) is 0 Å². The van der Waals surface area contributed by atoms with E-state index < -0.39 is 6.17 Å². The van der Waals surface area contributed by atoms with Gasteiger partial charge >= 0.3 is 5.95 Å². The minimum atomic E-state index is -0.846. The molecule has 3 aromatic carbocycles. The van der Waals surface area contributed by atoms with E-state index >= 15 is 0 Å². The number of fused-ring (bicyclic) bond motifs is 2. The average Bonchev–Trinajstić information content (AvgIpc) is 3.51. The number of nitrogens with one attached hydrogen (secondary N) is 1. The van der Waals surface area contributed by atoms with Crippen LogP contribution in [0.5, 0.6) is 5.75 Å². The van der Waals surface area contributed by atoms with E-state index in [1.807, 2.05) is 47.5 Å². The SMILES string of the molecule is Nc1ncccc1CN1C=C(OC[C@@]23CCCN2C[C@H](F)C3)Oc2cc(-c3cccc4ccccc34)c(Cl)c3c2=C1NCN=3. The number of benzene rings is 3. The number of nitrogens with two attached hydrogens (primary N) is 1. The van der Waals surface area contributed by atoms with E-state index in [1.165, 1.54) is 0 Å². The Labute approximate surface area is 259 Å². The van der Waals surface area contributed by atoms with Gasteiger partial charge in [-0.3, -0.25) is 9.89 Å². The standard InChI is InChI=1S/C34H32ClFN6O2/c35-30-26(25-10-3-7-21-6-1-2-9-24(21)25)14-27-29-31(30)39-20-40-33(29)41(16-22-8-4-12-38-32(22)37)18-28(44-27)43-19-34-11-5-13-42(34)17-23(36)15-34/h1-4,6-10,12,14,18,23,40H,5,11,13,15-17,19-20H2,(H2,37,38)/t23-,34+/m1/s1. The monoisotopic (exact) mass is 610 g/mol. The molecule has 0 unspecified atom stereocenters. The third kappa shape index (κ3) is 4.53. The van der Waals surface area contributed by atoms with E-state index in [0.29, 0.717) is 60.7 Å². The van der Waals surface area contributed by atoms with E-state index in [2.05, 4.69) is 39.5 Å². The topological polar surface area (TPSA) is 88.2 Å². The third-order valence-electron chi connectivity index (χ3n) is 9.27. The van der Waals surface area contributed by atoms with Crippen LogP contribution >= 0.6 is 11.6 Å². The maximum absolute atomic E-state index is 14.6. The number of pyridine rings is 1. The minimum absolute atomic E-state index is 0.313. The van der Waals surface area contributed by atoms with Crippen molar-refractivity contribution >= 4 is 34.0 Å². The summed E-state index contributed by atoms with van der Waals surface area (Å²) in [7, 11) is 0. The number of nitrogens with zero attached hydrogens (tertiary/aromatic N) is 4. The molecule has 8 nitrogen and oxygen atoms in total. The smallest absolute Gasteiger partial charge is 0.301 e. The fourth-order valence-electron chi connectivity index (χ4n) is 7.20. The van der Waals surface area contributed by atoms with Crippen LogP contribution in [-0.4, -0.2) is 52.9 Å². The summed E-state index contributed by atoms with van der Waals surface area (Å²) in [5.41, 5.74) is 8.60. The lowest BCUT2D eigenvalue weighted by atomic mass is 9.95. The summed E-state index contributed by atoms with van der Waals surface area (Å²) in [6, 6.07) is 20.2. The van der Waals surface area contributed by atoms with Crippen LogP contribution in [0.2, 0.25) is 5.02 Å². The lowest BCUT2D eigenvalue weighted by Gasteiger charge is -2.31. The van der Waals surface area contributed by atoms with Gasteiger partial charge in [0.25, 0.3) is 0 Å². The van der Waals surface area contributed by atoms with Crippen molar-refractivity contribution in [1.29, 1.82) is 0 Å².